The van der Waals surface area contributed by atoms with E-state index in [1.807, 2.05) is 0 Å². The van der Waals surface area contributed by atoms with Crippen molar-refractivity contribution in [1.82, 2.24) is 9.80 Å². The molecule has 2 aromatic carbocycles. The van der Waals surface area contributed by atoms with Crippen LogP contribution in [0.25, 0.3) is 0 Å². The summed E-state index contributed by atoms with van der Waals surface area (Å²) in [4.78, 5) is 17.9. The summed E-state index contributed by atoms with van der Waals surface area (Å²) in [7, 11) is -0.732. The fourth-order valence-electron chi connectivity index (χ4n) is 5.13. The van der Waals surface area contributed by atoms with Gasteiger partial charge in [0.25, 0.3) is 0 Å². The fourth-order valence-corrected chi connectivity index (χ4v) is 6.40. The van der Waals surface area contributed by atoms with Gasteiger partial charge in [0.05, 0.1) is 24.0 Å². The molecule has 0 spiro atoms. The molecule has 4 rings (SSSR count). The van der Waals surface area contributed by atoms with E-state index in [4.69, 9.17) is 9.47 Å². The van der Waals surface area contributed by atoms with Crippen molar-refractivity contribution in [2.75, 3.05) is 40.4 Å². The molecule has 1 unspecified atom stereocenters. The highest BCUT2D eigenvalue weighted by molar-refractivity contribution is 7.91. The summed E-state index contributed by atoms with van der Waals surface area (Å²) in [6.07, 6.45) is 6.49. The maximum Gasteiger partial charge on any atom is 0.327 e. The van der Waals surface area contributed by atoms with Crippen LogP contribution in [-0.4, -0.2) is 70.6 Å². The molecule has 7 nitrogen and oxygen atoms in total. The summed E-state index contributed by atoms with van der Waals surface area (Å²) in [6.45, 7) is 3.43. The number of carbonyl (C=O) groups excluding carboxylic acids is 1. The van der Waals surface area contributed by atoms with Gasteiger partial charge in [0, 0.05) is 32.2 Å². The van der Waals surface area contributed by atoms with E-state index in [1.165, 1.54) is 58.5 Å². The summed E-state index contributed by atoms with van der Waals surface area (Å²) in [5.74, 6) is 0.274. The van der Waals surface area contributed by atoms with Crippen LogP contribution in [0.1, 0.15) is 43.7 Å². The van der Waals surface area contributed by atoms with Crippen molar-refractivity contribution < 1.29 is 22.7 Å². The Kier molecular flexibility index (Phi) is 7.91. The lowest BCUT2D eigenvalue weighted by atomic mass is 9.93. The van der Waals surface area contributed by atoms with Gasteiger partial charge in [-0.2, -0.15) is 0 Å². The topological polar surface area (TPSA) is 76.1 Å². The van der Waals surface area contributed by atoms with Crippen LogP contribution in [-0.2, 0) is 19.4 Å². The average Bonchev–Trinajstić information content (AvgIpc) is 2.90. The lowest BCUT2D eigenvalue weighted by Crippen LogP contribution is -2.52. The lowest BCUT2D eigenvalue weighted by molar-refractivity contribution is -0.148. The summed E-state index contributed by atoms with van der Waals surface area (Å²) in [5.41, 5.74) is 0.742. The molecule has 0 N–H and O–H groups in total. The molecule has 2 fully saturated rings. The third-order valence-electron chi connectivity index (χ3n) is 7.11. The van der Waals surface area contributed by atoms with Crippen molar-refractivity contribution in [3.05, 3.63) is 54.1 Å². The number of hydrogen-bond donors (Lipinski definition) is 0. The quantitative estimate of drug-likeness (QED) is 0.553. The highest BCUT2D eigenvalue weighted by Crippen LogP contribution is 2.29. The fraction of sp³-hybridized carbons (Fsp3) is 0.500. The number of rotatable bonds is 7. The van der Waals surface area contributed by atoms with Gasteiger partial charge in [-0.05, 0) is 54.8 Å². The van der Waals surface area contributed by atoms with Gasteiger partial charge in [-0.3, -0.25) is 9.80 Å². The second-order valence-electron chi connectivity index (χ2n) is 9.04. The van der Waals surface area contributed by atoms with Crippen LogP contribution < -0.4 is 4.74 Å². The Bertz CT molecular complexity index is 1060. The average molecular weight is 487 g/mol. The molecule has 1 aliphatic carbocycles. The number of sulfone groups is 1. The number of carbonyl (C=O) groups is 1. The molecule has 1 atom stereocenters. The van der Waals surface area contributed by atoms with Gasteiger partial charge in [-0.1, -0.05) is 31.4 Å². The Hall–Kier alpha value is -2.42. The standard InChI is InChI=1S/C26H34N2O5S/c1-32-22-10-14-24(15-11-22)34(30,31)23-12-8-20(9-13-23)25(26(29)33-2)28-18-16-27(17-19-28)21-6-4-3-5-7-21/h8-15,21,25H,3-7,16-19H2,1-2H3. The predicted molar refractivity (Wildman–Crippen MR) is 130 cm³/mol. The molecule has 0 bridgehead atoms. The maximum atomic E-state index is 13.0. The largest absolute Gasteiger partial charge is 0.497 e. The highest BCUT2D eigenvalue weighted by Gasteiger charge is 2.33. The molecule has 1 aliphatic heterocycles. The minimum atomic E-state index is -3.67. The number of nitrogens with zero attached hydrogens (tertiary/aromatic N) is 2. The first-order valence-corrected chi connectivity index (χ1v) is 13.5. The van der Waals surface area contributed by atoms with Gasteiger partial charge in [-0.15, -0.1) is 0 Å². The van der Waals surface area contributed by atoms with E-state index < -0.39 is 15.9 Å². The van der Waals surface area contributed by atoms with Crippen LogP contribution in [0.3, 0.4) is 0 Å². The van der Waals surface area contributed by atoms with Crippen LogP contribution in [0.15, 0.2) is 58.3 Å². The normalized spacial score (nSPS) is 19.5. The summed E-state index contributed by atoms with van der Waals surface area (Å²) in [5, 5.41) is 0. The summed E-state index contributed by atoms with van der Waals surface area (Å²) in [6, 6.07) is 13.0. The molecule has 8 heteroatoms. The molecule has 0 aromatic heterocycles. The zero-order valence-corrected chi connectivity index (χ0v) is 20.8. The summed E-state index contributed by atoms with van der Waals surface area (Å²) >= 11 is 0. The first-order chi connectivity index (χ1) is 16.4. The first-order valence-electron chi connectivity index (χ1n) is 12.0. The van der Waals surface area contributed by atoms with Crippen molar-refractivity contribution in [2.45, 2.75) is 54.0 Å². The third kappa shape index (κ3) is 5.29. The van der Waals surface area contributed by atoms with Gasteiger partial charge in [0.1, 0.15) is 11.8 Å². The number of hydrogen-bond acceptors (Lipinski definition) is 7. The molecule has 2 aromatic rings. The zero-order chi connectivity index (χ0) is 24.1. The molecule has 1 heterocycles. The van der Waals surface area contributed by atoms with Crippen molar-refractivity contribution in [2.24, 2.45) is 0 Å². The Morgan fingerprint density at radius 2 is 1.41 bits per heavy atom. The number of esters is 1. The Balaban J connectivity index is 1.49. The SMILES string of the molecule is COC(=O)C(c1ccc(S(=O)(=O)c2ccc(OC)cc2)cc1)N1CCN(C2CCCCC2)CC1. The second-order valence-corrected chi connectivity index (χ2v) is 11.0. The van der Waals surface area contributed by atoms with Gasteiger partial charge in [0.2, 0.25) is 9.84 Å². The van der Waals surface area contributed by atoms with Crippen molar-refractivity contribution in [3.63, 3.8) is 0 Å². The van der Waals surface area contributed by atoms with Crippen LogP contribution in [0.5, 0.6) is 5.75 Å². The second kappa shape index (κ2) is 10.9. The van der Waals surface area contributed by atoms with Crippen molar-refractivity contribution in [1.29, 1.82) is 0 Å². The lowest BCUT2D eigenvalue weighted by Gasteiger charge is -2.42. The van der Waals surface area contributed by atoms with E-state index in [9.17, 15) is 13.2 Å². The molecule has 2 aliphatic rings. The molecule has 0 amide bonds. The van der Waals surface area contributed by atoms with Crippen LogP contribution in [0.4, 0.5) is 0 Å². The van der Waals surface area contributed by atoms with Crippen molar-refractivity contribution in [3.8, 4) is 5.75 Å². The van der Waals surface area contributed by atoms with E-state index in [2.05, 4.69) is 9.80 Å². The highest BCUT2D eigenvalue weighted by atomic mass is 32.2. The predicted octanol–water partition coefficient (Wildman–Crippen LogP) is 3.69. The molecule has 1 saturated heterocycles. The molecule has 0 radical (unpaired) electrons. The molecular formula is C26H34N2O5S. The molecular weight excluding hydrogens is 452 g/mol. The Morgan fingerprint density at radius 1 is 0.853 bits per heavy atom. The maximum absolute atomic E-state index is 13.0. The first kappa shape index (κ1) is 24.7. The van der Waals surface area contributed by atoms with Crippen LogP contribution >= 0.6 is 0 Å². The minimum absolute atomic E-state index is 0.187. The minimum Gasteiger partial charge on any atom is -0.497 e. The van der Waals surface area contributed by atoms with Gasteiger partial charge < -0.3 is 9.47 Å². The van der Waals surface area contributed by atoms with E-state index in [0.717, 1.165) is 31.7 Å². The van der Waals surface area contributed by atoms with E-state index in [0.29, 0.717) is 11.8 Å². The zero-order valence-electron chi connectivity index (χ0n) is 20.0. The molecule has 34 heavy (non-hydrogen) atoms. The van der Waals surface area contributed by atoms with E-state index in [-0.39, 0.29) is 15.8 Å². The molecule has 184 valence electrons. The third-order valence-corrected chi connectivity index (χ3v) is 8.89. The van der Waals surface area contributed by atoms with E-state index in [1.54, 1.807) is 36.4 Å². The van der Waals surface area contributed by atoms with Gasteiger partial charge >= 0.3 is 5.97 Å². The number of benzene rings is 2. The Morgan fingerprint density at radius 3 is 1.94 bits per heavy atom. The Labute approximate surface area is 202 Å². The van der Waals surface area contributed by atoms with Crippen LogP contribution in [0.2, 0.25) is 0 Å². The smallest absolute Gasteiger partial charge is 0.327 e. The number of methoxy groups -OCH3 is 2. The monoisotopic (exact) mass is 486 g/mol. The van der Waals surface area contributed by atoms with Crippen molar-refractivity contribution >= 4 is 15.8 Å². The van der Waals surface area contributed by atoms with Crippen LogP contribution in [0, 0.1) is 0 Å². The number of ether oxygens (including phenoxy) is 2. The number of piperazine rings is 1. The van der Waals surface area contributed by atoms with E-state index >= 15 is 0 Å². The van der Waals surface area contributed by atoms with Gasteiger partial charge in [-0.25, -0.2) is 13.2 Å². The molecule has 1 saturated carbocycles. The van der Waals surface area contributed by atoms with Gasteiger partial charge in [0.15, 0.2) is 0 Å². The summed E-state index contributed by atoms with van der Waals surface area (Å²) < 4.78 is 36.3.